The molecule has 0 atom stereocenters. The summed E-state index contributed by atoms with van der Waals surface area (Å²) in [5, 5.41) is 19.0. The summed E-state index contributed by atoms with van der Waals surface area (Å²) in [6.45, 7) is 0. The van der Waals surface area contributed by atoms with E-state index in [2.05, 4.69) is 0 Å². The van der Waals surface area contributed by atoms with E-state index in [0.29, 0.717) is 10.8 Å². The summed E-state index contributed by atoms with van der Waals surface area (Å²) in [4.78, 5) is 45.9. The number of fused-ring (bicyclic) bond motifs is 2. The average Bonchev–Trinajstić information content (AvgIpc) is 2.44. The monoisotopic (exact) mass is 296 g/mol. The second-order valence-corrected chi connectivity index (χ2v) is 4.82. The first-order valence-corrected chi connectivity index (χ1v) is 6.23. The predicted octanol–water partition coefficient (Wildman–Crippen LogP) is -0.651. The molecule has 0 unspecified atom stereocenters. The van der Waals surface area contributed by atoms with Gasteiger partial charge in [-0.1, -0.05) is 6.08 Å². The molecule has 0 aliphatic heterocycles. The van der Waals surface area contributed by atoms with Crippen molar-refractivity contribution in [2.24, 2.45) is 0 Å². The molecule has 2 aliphatic carbocycles. The number of ketones is 2. The second-order valence-electron chi connectivity index (χ2n) is 4.82. The number of Topliss-reactive ketones (excluding diaryl/α,β-unsaturated/α-hetero) is 1. The number of carboxylic acids is 2. The molecule has 6 heteroatoms. The van der Waals surface area contributed by atoms with Crippen LogP contribution in [0.15, 0.2) is 23.8 Å². The molecular formula is C16H8O6. The fourth-order valence-corrected chi connectivity index (χ4v) is 2.48. The lowest BCUT2D eigenvalue weighted by molar-refractivity contribution is -0.134. The fraction of sp³-hybridized carbons (Fsp3) is 0. The first-order valence-electron chi connectivity index (χ1n) is 6.23. The molecule has 0 saturated carbocycles. The number of aliphatic carboxylic acids is 2. The van der Waals surface area contributed by atoms with E-state index in [4.69, 9.17) is 5.11 Å². The lowest BCUT2D eigenvalue weighted by atomic mass is 9.89. The molecule has 0 amide bonds. The highest BCUT2D eigenvalue weighted by atomic mass is 16.4. The minimum absolute atomic E-state index is 0.147. The van der Waals surface area contributed by atoms with Gasteiger partial charge in [-0.25, -0.2) is 9.59 Å². The molecule has 108 valence electrons. The van der Waals surface area contributed by atoms with E-state index in [-0.39, 0.29) is 16.6 Å². The molecule has 3 rings (SSSR count). The van der Waals surface area contributed by atoms with Crippen LogP contribution in [0.1, 0.15) is 11.1 Å². The normalized spacial score (nSPS) is 15.6. The number of allylic oxidation sites excluding steroid dienone is 1. The number of rotatable bonds is 2. The molecule has 0 aromatic heterocycles. The van der Waals surface area contributed by atoms with E-state index in [1.807, 2.05) is 0 Å². The van der Waals surface area contributed by atoms with Crippen molar-refractivity contribution in [3.63, 3.8) is 0 Å². The Bertz CT molecular complexity index is 959. The van der Waals surface area contributed by atoms with Gasteiger partial charge >= 0.3 is 11.9 Å². The van der Waals surface area contributed by atoms with Crippen molar-refractivity contribution in [1.29, 1.82) is 0 Å². The summed E-state index contributed by atoms with van der Waals surface area (Å²) in [7, 11) is 0. The first kappa shape index (κ1) is 13.7. The summed E-state index contributed by atoms with van der Waals surface area (Å²) < 4.78 is 0. The zero-order chi connectivity index (χ0) is 16.0. The number of hydrogen-bond donors (Lipinski definition) is 2. The highest BCUT2D eigenvalue weighted by molar-refractivity contribution is 6.49. The van der Waals surface area contributed by atoms with Crippen molar-refractivity contribution < 1.29 is 29.4 Å². The smallest absolute Gasteiger partial charge is 0.340 e. The molecular weight excluding hydrogens is 288 g/mol. The highest BCUT2D eigenvalue weighted by Gasteiger charge is 2.30. The van der Waals surface area contributed by atoms with Crippen LogP contribution in [-0.2, 0) is 19.2 Å². The van der Waals surface area contributed by atoms with Crippen molar-refractivity contribution in [2.75, 3.05) is 0 Å². The summed E-state index contributed by atoms with van der Waals surface area (Å²) in [5.41, 5.74) is -0.310. The third-order valence-electron chi connectivity index (χ3n) is 3.47. The summed E-state index contributed by atoms with van der Waals surface area (Å²) in [6.07, 6.45) is 5.35. The average molecular weight is 296 g/mol. The van der Waals surface area contributed by atoms with Crippen LogP contribution in [-0.4, -0.2) is 33.7 Å². The van der Waals surface area contributed by atoms with E-state index in [1.54, 1.807) is 0 Å². The van der Waals surface area contributed by atoms with Gasteiger partial charge in [0.15, 0.2) is 5.78 Å². The quantitative estimate of drug-likeness (QED) is 0.702. The second kappa shape index (κ2) is 4.63. The lowest BCUT2D eigenvalue weighted by Gasteiger charge is -2.13. The number of carbonyl (C=O) groups excluding carboxylic acids is 2. The summed E-state index contributed by atoms with van der Waals surface area (Å²) in [5.74, 6) is -4.23. The van der Waals surface area contributed by atoms with E-state index in [0.717, 1.165) is 6.08 Å². The van der Waals surface area contributed by atoms with Crippen LogP contribution in [0.25, 0.3) is 23.8 Å². The van der Waals surface area contributed by atoms with E-state index < -0.39 is 28.9 Å². The van der Waals surface area contributed by atoms with Gasteiger partial charge in [-0.2, -0.15) is 0 Å². The third-order valence-corrected chi connectivity index (χ3v) is 3.47. The maximum Gasteiger partial charge on any atom is 0.340 e. The standard InChI is InChI=1S/C16H8O6/c17-10-2-1-7-5-11-9(3-8(7)4-10)6-12(15(19)20)14(18)13(11)16(21)22/h1-6H,(H,19,20)(H,21,22). The van der Waals surface area contributed by atoms with Gasteiger partial charge in [-0.3, -0.25) is 9.59 Å². The third kappa shape index (κ3) is 1.98. The number of hydrogen-bond acceptors (Lipinski definition) is 4. The van der Waals surface area contributed by atoms with Gasteiger partial charge in [0.2, 0.25) is 5.78 Å². The number of carbonyl (C=O) groups is 4. The van der Waals surface area contributed by atoms with Crippen LogP contribution in [0, 0.1) is 0 Å². The van der Waals surface area contributed by atoms with Crippen LogP contribution in [0.2, 0.25) is 0 Å². The van der Waals surface area contributed by atoms with Crippen LogP contribution in [0.3, 0.4) is 0 Å². The molecule has 1 aromatic rings. The molecule has 22 heavy (non-hydrogen) atoms. The van der Waals surface area contributed by atoms with Gasteiger partial charge < -0.3 is 10.2 Å². The van der Waals surface area contributed by atoms with E-state index in [9.17, 15) is 24.3 Å². The first-order chi connectivity index (χ1) is 10.4. The number of carboxylic acid groups (broad SMARTS) is 2. The Hall–Kier alpha value is -3.28. The summed E-state index contributed by atoms with van der Waals surface area (Å²) in [6, 6.07) is 2.98. The molecule has 1 aromatic carbocycles. The lowest BCUT2D eigenvalue weighted by Crippen LogP contribution is -2.32. The maximum absolute atomic E-state index is 12.0. The van der Waals surface area contributed by atoms with Gasteiger partial charge in [0.25, 0.3) is 0 Å². The van der Waals surface area contributed by atoms with E-state index >= 15 is 0 Å². The van der Waals surface area contributed by atoms with Crippen molar-refractivity contribution in [2.45, 2.75) is 0 Å². The molecule has 0 saturated heterocycles. The van der Waals surface area contributed by atoms with Gasteiger partial charge in [-0.05, 0) is 46.7 Å². The summed E-state index contributed by atoms with van der Waals surface area (Å²) >= 11 is 0. The highest BCUT2D eigenvalue weighted by Crippen LogP contribution is 2.17. The molecule has 0 spiro atoms. The topological polar surface area (TPSA) is 109 Å². The molecule has 2 N–H and O–H groups in total. The largest absolute Gasteiger partial charge is 0.478 e. The zero-order valence-electron chi connectivity index (χ0n) is 11.0. The minimum Gasteiger partial charge on any atom is -0.478 e. The van der Waals surface area contributed by atoms with Crippen molar-refractivity contribution in [1.82, 2.24) is 0 Å². The fourth-order valence-electron chi connectivity index (χ4n) is 2.48. The Labute approximate surface area is 123 Å². The molecule has 0 fully saturated rings. The van der Waals surface area contributed by atoms with Crippen LogP contribution in [0.4, 0.5) is 0 Å². The van der Waals surface area contributed by atoms with Gasteiger partial charge in [0.05, 0.1) is 0 Å². The van der Waals surface area contributed by atoms with E-state index in [1.165, 1.54) is 30.4 Å². The van der Waals surface area contributed by atoms with Crippen molar-refractivity contribution in [3.8, 4) is 0 Å². The maximum atomic E-state index is 12.0. The van der Waals surface area contributed by atoms with Crippen LogP contribution < -0.4 is 10.4 Å². The molecule has 2 aliphatic rings. The Balaban J connectivity index is 2.44. The molecule has 0 heterocycles. The van der Waals surface area contributed by atoms with Crippen LogP contribution >= 0.6 is 0 Å². The Morgan fingerprint density at radius 2 is 1.59 bits per heavy atom. The number of benzene rings is 1. The van der Waals surface area contributed by atoms with Crippen molar-refractivity contribution >= 4 is 47.3 Å². The Morgan fingerprint density at radius 3 is 2.23 bits per heavy atom. The molecule has 0 bridgehead atoms. The predicted molar refractivity (Wildman–Crippen MR) is 75.9 cm³/mol. The van der Waals surface area contributed by atoms with Crippen LogP contribution in [0.5, 0.6) is 0 Å². The Morgan fingerprint density at radius 1 is 0.864 bits per heavy atom. The van der Waals surface area contributed by atoms with Gasteiger partial charge in [0, 0.05) is 5.22 Å². The van der Waals surface area contributed by atoms with Gasteiger partial charge in [-0.15, -0.1) is 0 Å². The minimum atomic E-state index is -1.49. The molecule has 6 nitrogen and oxygen atoms in total. The van der Waals surface area contributed by atoms with Crippen molar-refractivity contribution in [3.05, 3.63) is 45.3 Å². The Kier molecular flexibility index (Phi) is 2.88. The van der Waals surface area contributed by atoms with Gasteiger partial charge in [0.1, 0.15) is 11.1 Å². The SMILES string of the molecule is O=C1C=Cc2cc3c(cc2=C1)C=C(C(=O)O)C(=O)C=3C(=O)O. The zero-order valence-corrected chi connectivity index (χ0v) is 11.0. The molecule has 0 radical (unpaired) electrons.